The number of halogens is 2. The van der Waals surface area contributed by atoms with E-state index in [2.05, 4.69) is 4.98 Å². The number of hydrogen-bond donors (Lipinski definition) is 1. The third-order valence-corrected chi connectivity index (χ3v) is 2.93. The summed E-state index contributed by atoms with van der Waals surface area (Å²) in [5.41, 5.74) is 8.19. The summed E-state index contributed by atoms with van der Waals surface area (Å²) in [5.74, 6) is -1.79. The molecule has 3 aromatic rings. The molecule has 3 nitrogen and oxygen atoms in total. The fraction of sp³-hybridized carbons (Fsp3) is 0.0714. The monoisotopic (exact) mass is 260 g/mol. The number of nitrogens with two attached hydrogens (primary N) is 1. The summed E-state index contributed by atoms with van der Waals surface area (Å²) >= 11 is 0. The van der Waals surface area contributed by atoms with E-state index >= 15 is 0 Å². The molecule has 0 fully saturated rings. The Bertz CT molecular complexity index is 780. The molecule has 0 aliphatic heterocycles. The Balaban J connectivity index is 2.25. The van der Waals surface area contributed by atoms with Crippen LogP contribution in [-0.2, 0) is 0 Å². The number of nitrogen functional groups attached to an aromatic ring is 1. The smallest absolute Gasteiger partial charge is 0.229 e. The van der Waals surface area contributed by atoms with E-state index in [1.54, 1.807) is 6.07 Å². The van der Waals surface area contributed by atoms with Crippen LogP contribution in [0, 0.1) is 18.6 Å². The predicted molar refractivity (Wildman–Crippen MR) is 68.5 cm³/mol. The van der Waals surface area contributed by atoms with Gasteiger partial charge in [-0.1, -0.05) is 12.1 Å². The molecule has 2 aromatic carbocycles. The molecule has 0 aliphatic carbocycles. The van der Waals surface area contributed by atoms with Crippen LogP contribution in [0.2, 0.25) is 0 Å². The van der Waals surface area contributed by atoms with Gasteiger partial charge in [0.05, 0.1) is 5.56 Å². The van der Waals surface area contributed by atoms with E-state index in [4.69, 9.17) is 10.2 Å². The van der Waals surface area contributed by atoms with Gasteiger partial charge in [-0.3, -0.25) is 0 Å². The molecule has 2 N–H and O–H groups in total. The maximum atomic E-state index is 13.3. The molecule has 0 bridgehead atoms. The standard InChI is InChI=1S/C14H10F2N2O/c1-7-3-2-4-12-13(7)19-14(18-12)8-5-9(15)10(16)6-11(8)17/h2-6H,17H2,1H3. The van der Waals surface area contributed by atoms with E-state index in [0.717, 1.165) is 17.7 Å². The van der Waals surface area contributed by atoms with Crippen molar-refractivity contribution in [2.45, 2.75) is 6.92 Å². The molecular formula is C14H10F2N2O. The van der Waals surface area contributed by atoms with E-state index in [1.807, 2.05) is 19.1 Å². The zero-order chi connectivity index (χ0) is 13.6. The van der Waals surface area contributed by atoms with Crippen molar-refractivity contribution in [1.29, 1.82) is 0 Å². The summed E-state index contributed by atoms with van der Waals surface area (Å²) in [7, 11) is 0. The molecule has 0 saturated carbocycles. The highest BCUT2D eigenvalue weighted by Gasteiger charge is 2.15. The molecule has 1 aromatic heterocycles. The molecule has 0 unspecified atom stereocenters. The Morgan fingerprint density at radius 1 is 1.16 bits per heavy atom. The third-order valence-electron chi connectivity index (χ3n) is 2.93. The lowest BCUT2D eigenvalue weighted by atomic mass is 10.1. The van der Waals surface area contributed by atoms with Crippen molar-refractivity contribution in [3.63, 3.8) is 0 Å². The van der Waals surface area contributed by atoms with E-state index in [-0.39, 0.29) is 17.1 Å². The number of fused-ring (bicyclic) bond motifs is 1. The van der Waals surface area contributed by atoms with Crippen LogP contribution in [0.25, 0.3) is 22.6 Å². The normalized spacial score (nSPS) is 11.1. The Labute approximate surface area is 107 Å². The number of nitrogens with zero attached hydrogens (tertiary/aromatic N) is 1. The first-order chi connectivity index (χ1) is 9.06. The average molecular weight is 260 g/mol. The fourth-order valence-corrected chi connectivity index (χ4v) is 1.95. The molecule has 1 heterocycles. The van der Waals surface area contributed by atoms with Gasteiger partial charge in [-0.25, -0.2) is 13.8 Å². The van der Waals surface area contributed by atoms with Crippen molar-refractivity contribution in [1.82, 2.24) is 4.98 Å². The Hall–Kier alpha value is -2.43. The topological polar surface area (TPSA) is 52.0 Å². The fourth-order valence-electron chi connectivity index (χ4n) is 1.95. The van der Waals surface area contributed by atoms with Gasteiger partial charge in [-0.05, 0) is 24.6 Å². The van der Waals surface area contributed by atoms with Crippen molar-refractivity contribution in [2.75, 3.05) is 5.73 Å². The summed E-state index contributed by atoms with van der Waals surface area (Å²) in [4.78, 5) is 4.24. The zero-order valence-electron chi connectivity index (χ0n) is 10.1. The second kappa shape index (κ2) is 4.05. The van der Waals surface area contributed by atoms with Gasteiger partial charge in [-0.2, -0.15) is 0 Å². The summed E-state index contributed by atoms with van der Waals surface area (Å²) in [6.07, 6.45) is 0. The Kier molecular flexibility index (Phi) is 2.48. The minimum Gasteiger partial charge on any atom is -0.436 e. The zero-order valence-corrected chi connectivity index (χ0v) is 10.1. The van der Waals surface area contributed by atoms with Gasteiger partial charge in [0.25, 0.3) is 0 Å². The second-order valence-electron chi connectivity index (χ2n) is 4.30. The quantitative estimate of drug-likeness (QED) is 0.679. The van der Waals surface area contributed by atoms with Crippen molar-refractivity contribution in [3.8, 4) is 11.5 Å². The molecule has 0 radical (unpaired) electrons. The maximum Gasteiger partial charge on any atom is 0.229 e. The molecule has 0 spiro atoms. The van der Waals surface area contributed by atoms with Crippen LogP contribution in [0.4, 0.5) is 14.5 Å². The number of hydrogen-bond acceptors (Lipinski definition) is 3. The van der Waals surface area contributed by atoms with Crippen molar-refractivity contribution in [2.24, 2.45) is 0 Å². The minimum absolute atomic E-state index is 0.0862. The third kappa shape index (κ3) is 1.83. The number of anilines is 1. The molecular weight excluding hydrogens is 250 g/mol. The Morgan fingerprint density at radius 3 is 2.63 bits per heavy atom. The maximum absolute atomic E-state index is 13.3. The van der Waals surface area contributed by atoms with E-state index in [1.165, 1.54) is 0 Å². The average Bonchev–Trinajstić information content (AvgIpc) is 2.79. The molecule has 19 heavy (non-hydrogen) atoms. The van der Waals surface area contributed by atoms with Crippen LogP contribution < -0.4 is 5.73 Å². The lowest BCUT2D eigenvalue weighted by Gasteiger charge is -2.02. The highest BCUT2D eigenvalue weighted by atomic mass is 19.2. The molecule has 0 saturated heterocycles. The predicted octanol–water partition coefficient (Wildman–Crippen LogP) is 3.66. The number of benzene rings is 2. The SMILES string of the molecule is Cc1cccc2nc(-c3cc(F)c(F)cc3N)oc12. The number of rotatable bonds is 1. The number of aryl methyl sites for hydroxylation is 1. The van der Waals surface area contributed by atoms with Crippen LogP contribution in [0.3, 0.4) is 0 Å². The number of aromatic nitrogens is 1. The second-order valence-corrected chi connectivity index (χ2v) is 4.30. The summed E-state index contributed by atoms with van der Waals surface area (Å²) in [5, 5.41) is 0. The lowest BCUT2D eigenvalue weighted by Crippen LogP contribution is -1.94. The molecule has 0 aliphatic rings. The van der Waals surface area contributed by atoms with Gasteiger partial charge < -0.3 is 10.2 Å². The van der Waals surface area contributed by atoms with E-state index in [9.17, 15) is 8.78 Å². The van der Waals surface area contributed by atoms with E-state index < -0.39 is 11.6 Å². The highest BCUT2D eigenvalue weighted by Crippen LogP contribution is 2.31. The van der Waals surface area contributed by atoms with Crippen LogP contribution in [0.5, 0.6) is 0 Å². The summed E-state index contributed by atoms with van der Waals surface area (Å²) in [6, 6.07) is 7.42. The minimum atomic E-state index is -0.992. The van der Waals surface area contributed by atoms with Gasteiger partial charge in [0.2, 0.25) is 5.89 Å². The van der Waals surface area contributed by atoms with Crippen LogP contribution in [-0.4, -0.2) is 4.98 Å². The molecule has 3 rings (SSSR count). The van der Waals surface area contributed by atoms with Crippen molar-refractivity contribution < 1.29 is 13.2 Å². The van der Waals surface area contributed by atoms with Gasteiger partial charge in [0.15, 0.2) is 17.2 Å². The molecule has 96 valence electrons. The first kappa shape index (κ1) is 11.6. The van der Waals surface area contributed by atoms with Crippen molar-refractivity contribution in [3.05, 3.63) is 47.5 Å². The van der Waals surface area contributed by atoms with Crippen LogP contribution in [0.15, 0.2) is 34.7 Å². The first-order valence-electron chi connectivity index (χ1n) is 5.67. The van der Waals surface area contributed by atoms with Crippen LogP contribution >= 0.6 is 0 Å². The molecule has 5 heteroatoms. The molecule has 0 atom stereocenters. The summed E-state index contributed by atoms with van der Waals surface area (Å²) in [6.45, 7) is 1.88. The number of para-hydroxylation sites is 1. The molecule has 0 amide bonds. The highest BCUT2D eigenvalue weighted by molar-refractivity contribution is 5.81. The van der Waals surface area contributed by atoms with Gasteiger partial charge >= 0.3 is 0 Å². The largest absolute Gasteiger partial charge is 0.436 e. The van der Waals surface area contributed by atoms with E-state index in [0.29, 0.717) is 11.1 Å². The Morgan fingerprint density at radius 2 is 1.89 bits per heavy atom. The lowest BCUT2D eigenvalue weighted by molar-refractivity contribution is 0.508. The van der Waals surface area contributed by atoms with Crippen LogP contribution in [0.1, 0.15) is 5.56 Å². The first-order valence-corrected chi connectivity index (χ1v) is 5.67. The van der Waals surface area contributed by atoms with Crippen molar-refractivity contribution >= 4 is 16.8 Å². The van der Waals surface area contributed by atoms with Gasteiger partial charge in [0, 0.05) is 11.8 Å². The van der Waals surface area contributed by atoms with Gasteiger partial charge in [-0.15, -0.1) is 0 Å². The van der Waals surface area contributed by atoms with Gasteiger partial charge in [0.1, 0.15) is 5.52 Å². The number of oxazole rings is 1. The summed E-state index contributed by atoms with van der Waals surface area (Å²) < 4.78 is 31.9.